The SMILES string of the molecule is CC[C@@H](C(=O)NC(C)C)N(Cc1ccc(OC)cc1)C(=O)COc1ccc(C(C)(C)C)cc1. The van der Waals surface area contributed by atoms with Crippen molar-refractivity contribution in [3.8, 4) is 11.5 Å². The van der Waals surface area contributed by atoms with Crippen LogP contribution < -0.4 is 14.8 Å². The second-order valence-electron chi connectivity index (χ2n) is 9.52. The minimum absolute atomic E-state index is 0.0120. The Morgan fingerprint density at radius 2 is 1.55 bits per heavy atom. The Hall–Kier alpha value is -3.02. The number of benzene rings is 2. The molecule has 0 fully saturated rings. The molecular weight excluding hydrogens is 416 g/mol. The van der Waals surface area contributed by atoms with Gasteiger partial charge in [0.25, 0.3) is 5.91 Å². The van der Waals surface area contributed by atoms with Crippen LogP contribution in [0.2, 0.25) is 0 Å². The quantitative estimate of drug-likeness (QED) is 0.565. The number of rotatable bonds is 10. The highest BCUT2D eigenvalue weighted by molar-refractivity contribution is 5.88. The van der Waals surface area contributed by atoms with Gasteiger partial charge in [0.2, 0.25) is 5.91 Å². The van der Waals surface area contributed by atoms with Crippen LogP contribution in [-0.4, -0.2) is 42.5 Å². The van der Waals surface area contributed by atoms with Crippen LogP contribution in [-0.2, 0) is 21.5 Å². The summed E-state index contributed by atoms with van der Waals surface area (Å²) in [6.07, 6.45) is 0.501. The maximum Gasteiger partial charge on any atom is 0.261 e. The lowest BCUT2D eigenvalue weighted by atomic mass is 9.87. The minimum Gasteiger partial charge on any atom is -0.497 e. The second kappa shape index (κ2) is 11.7. The topological polar surface area (TPSA) is 67.9 Å². The molecule has 0 saturated carbocycles. The third-order valence-electron chi connectivity index (χ3n) is 5.41. The Morgan fingerprint density at radius 3 is 2.03 bits per heavy atom. The van der Waals surface area contributed by atoms with Crippen molar-refractivity contribution in [2.24, 2.45) is 0 Å². The van der Waals surface area contributed by atoms with Gasteiger partial charge in [-0.05, 0) is 61.1 Å². The zero-order chi connectivity index (χ0) is 24.6. The number of hydrogen-bond acceptors (Lipinski definition) is 4. The lowest BCUT2D eigenvalue weighted by Crippen LogP contribution is -2.51. The Balaban J connectivity index is 2.19. The molecule has 0 aromatic heterocycles. The number of hydrogen-bond donors (Lipinski definition) is 1. The molecule has 2 rings (SSSR count). The summed E-state index contributed by atoms with van der Waals surface area (Å²) in [4.78, 5) is 27.7. The Labute approximate surface area is 198 Å². The van der Waals surface area contributed by atoms with Gasteiger partial charge in [0, 0.05) is 12.6 Å². The highest BCUT2D eigenvalue weighted by atomic mass is 16.5. The van der Waals surface area contributed by atoms with E-state index in [4.69, 9.17) is 9.47 Å². The summed E-state index contributed by atoms with van der Waals surface area (Å²) in [6.45, 7) is 12.3. The van der Waals surface area contributed by atoms with Gasteiger partial charge in [0.15, 0.2) is 6.61 Å². The summed E-state index contributed by atoms with van der Waals surface area (Å²) in [5.74, 6) is 0.962. The van der Waals surface area contributed by atoms with Crippen molar-refractivity contribution in [1.82, 2.24) is 10.2 Å². The van der Waals surface area contributed by atoms with Crippen LogP contribution in [0.4, 0.5) is 0 Å². The Bertz CT molecular complexity index is 899. The maximum absolute atomic E-state index is 13.3. The van der Waals surface area contributed by atoms with Crippen LogP contribution in [0.25, 0.3) is 0 Å². The van der Waals surface area contributed by atoms with Crippen molar-refractivity contribution >= 4 is 11.8 Å². The van der Waals surface area contributed by atoms with E-state index in [0.29, 0.717) is 18.7 Å². The summed E-state index contributed by atoms with van der Waals surface area (Å²) in [7, 11) is 1.61. The largest absolute Gasteiger partial charge is 0.497 e. The predicted octanol–water partition coefficient (Wildman–Crippen LogP) is 4.70. The van der Waals surface area contributed by atoms with Crippen LogP contribution in [0.3, 0.4) is 0 Å². The predicted molar refractivity (Wildman–Crippen MR) is 132 cm³/mol. The van der Waals surface area contributed by atoms with Crippen molar-refractivity contribution in [3.05, 3.63) is 59.7 Å². The maximum atomic E-state index is 13.3. The van der Waals surface area contributed by atoms with Crippen molar-refractivity contribution in [1.29, 1.82) is 0 Å². The molecule has 1 atom stereocenters. The number of nitrogens with zero attached hydrogens (tertiary/aromatic N) is 1. The van der Waals surface area contributed by atoms with Crippen LogP contribution in [0.1, 0.15) is 59.1 Å². The van der Waals surface area contributed by atoms with E-state index in [1.54, 1.807) is 12.0 Å². The first-order chi connectivity index (χ1) is 15.5. The van der Waals surface area contributed by atoms with Gasteiger partial charge in [-0.15, -0.1) is 0 Å². The molecule has 180 valence electrons. The van der Waals surface area contributed by atoms with Gasteiger partial charge in [0.05, 0.1) is 7.11 Å². The molecule has 2 aromatic rings. The van der Waals surface area contributed by atoms with E-state index in [0.717, 1.165) is 11.3 Å². The van der Waals surface area contributed by atoms with Crippen LogP contribution >= 0.6 is 0 Å². The summed E-state index contributed by atoms with van der Waals surface area (Å²) < 4.78 is 11.0. The number of amides is 2. The van der Waals surface area contributed by atoms with Gasteiger partial charge in [-0.3, -0.25) is 9.59 Å². The van der Waals surface area contributed by atoms with Gasteiger partial charge >= 0.3 is 0 Å². The Kier molecular flexibility index (Phi) is 9.32. The average molecular weight is 455 g/mol. The smallest absolute Gasteiger partial charge is 0.261 e. The summed E-state index contributed by atoms with van der Waals surface area (Å²) in [6, 6.07) is 14.7. The number of methoxy groups -OCH3 is 1. The fourth-order valence-electron chi connectivity index (χ4n) is 3.51. The molecule has 6 nitrogen and oxygen atoms in total. The van der Waals surface area contributed by atoms with Gasteiger partial charge in [-0.1, -0.05) is 52.0 Å². The second-order valence-corrected chi connectivity index (χ2v) is 9.52. The zero-order valence-electron chi connectivity index (χ0n) is 21.0. The third-order valence-corrected chi connectivity index (χ3v) is 5.41. The van der Waals surface area contributed by atoms with E-state index >= 15 is 0 Å². The van der Waals surface area contributed by atoms with Crippen molar-refractivity contribution in [2.75, 3.05) is 13.7 Å². The van der Waals surface area contributed by atoms with E-state index in [1.165, 1.54) is 5.56 Å². The van der Waals surface area contributed by atoms with Crippen molar-refractivity contribution in [2.45, 2.75) is 72.0 Å². The molecule has 0 aliphatic rings. The molecule has 0 aliphatic carbocycles. The summed E-state index contributed by atoms with van der Waals surface area (Å²) in [5.41, 5.74) is 2.15. The highest BCUT2D eigenvalue weighted by Crippen LogP contribution is 2.24. The molecule has 33 heavy (non-hydrogen) atoms. The molecule has 0 unspecified atom stereocenters. The van der Waals surface area contributed by atoms with E-state index in [9.17, 15) is 9.59 Å². The van der Waals surface area contributed by atoms with E-state index in [-0.39, 0.29) is 29.9 Å². The number of carbonyl (C=O) groups is 2. The molecule has 0 aliphatic heterocycles. The van der Waals surface area contributed by atoms with Gasteiger partial charge in [0.1, 0.15) is 17.5 Å². The molecule has 0 saturated heterocycles. The minimum atomic E-state index is -0.589. The average Bonchev–Trinajstić information content (AvgIpc) is 2.77. The molecule has 0 spiro atoms. The van der Waals surface area contributed by atoms with Crippen molar-refractivity contribution in [3.63, 3.8) is 0 Å². The third kappa shape index (κ3) is 7.81. The molecule has 0 heterocycles. The lowest BCUT2D eigenvalue weighted by molar-refractivity contribution is -0.143. The number of carbonyl (C=O) groups excluding carboxylic acids is 2. The fourth-order valence-corrected chi connectivity index (χ4v) is 3.51. The van der Waals surface area contributed by atoms with Crippen LogP contribution in [0.5, 0.6) is 11.5 Å². The van der Waals surface area contributed by atoms with Crippen LogP contribution in [0.15, 0.2) is 48.5 Å². The van der Waals surface area contributed by atoms with Gasteiger partial charge in [-0.25, -0.2) is 0 Å². The van der Waals surface area contributed by atoms with Crippen molar-refractivity contribution < 1.29 is 19.1 Å². The monoisotopic (exact) mass is 454 g/mol. The molecule has 1 N–H and O–H groups in total. The molecule has 2 aromatic carbocycles. The zero-order valence-corrected chi connectivity index (χ0v) is 21.0. The number of ether oxygens (including phenoxy) is 2. The summed E-state index contributed by atoms with van der Waals surface area (Å²) in [5, 5.41) is 2.93. The first kappa shape index (κ1) is 26.2. The first-order valence-corrected chi connectivity index (χ1v) is 11.5. The summed E-state index contributed by atoms with van der Waals surface area (Å²) >= 11 is 0. The molecular formula is C27H38N2O4. The van der Waals surface area contributed by atoms with E-state index in [2.05, 4.69) is 26.1 Å². The lowest BCUT2D eigenvalue weighted by Gasteiger charge is -2.31. The van der Waals surface area contributed by atoms with E-state index < -0.39 is 6.04 Å². The van der Waals surface area contributed by atoms with Gasteiger partial charge in [-0.2, -0.15) is 0 Å². The molecule has 0 radical (unpaired) electrons. The molecule has 0 bridgehead atoms. The molecule has 6 heteroatoms. The first-order valence-electron chi connectivity index (χ1n) is 11.5. The Morgan fingerprint density at radius 1 is 0.970 bits per heavy atom. The van der Waals surface area contributed by atoms with Crippen LogP contribution in [0, 0.1) is 0 Å². The van der Waals surface area contributed by atoms with Gasteiger partial charge < -0.3 is 19.7 Å². The fraction of sp³-hybridized carbons (Fsp3) is 0.481. The highest BCUT2D eigenvalue weighted by Gasteiger charge is 2.29. The standard InChI is InChI=1S/C27H38N2O4/c1-8-24(26(31)28-19(2)3)29(17-20-9-13-22(32-7)14-10-20)25(30)18-33-23-15-11-21(12-16-23)27(4,5)6/h9-16,19,24H,8,17-18H2,1-7H3,(H,28,31)/t24-/m0/s1. The number of nitrogens with one attached hydrogen (secondary N) is 1. The van der Waals surface area contributed by atoms with E-state index in [1.807, 2.05) is 69.3 Å². The molecule has 2 amide bonds. The normalized spacial score (nSPS) is 12.2.